The van der Waals surface area contributed by atoms with Crippen molar-refractivity contribution in [3.8, 4) is 0 Å². The topological polar surface area (TPSA) is 69.6 Å². The monoisotopic (exact) mass is 199 g/mol. The molecule has 1 aromatic carbocycles. The molecule has 0 aliphatic heterocycles. The molecule has 0 radical (unpaired) electrons. The van der Waals surface area contributed by atoms with E-state index in [2.05, 4.69) is 15.0 Å². The van der Waals surface area contributed by atoms with Gasteiger partial charge in [0.15, 0.2) is 0 Å². The van der Waals surface area contributed by atoms with E-state index in [1.807, 2.05) is 23.7 Å². The van der Waals surface area contributed by atoms with E-state index < -0.39 is 0 Å². The molecule has 0 unspecified atom stereocenters. The quantitative estimate of drug-likeness (QED) is 0.588. The van der Waals surface area contributed by atoms with Crippen LogP contribution in [0.4, 0.5) is 5.95 Å². The zero-order chi connectivity index (χ0) is 10.4. The number of nitrogens with two attached hydrogens (primary N) is 1. The van der Waals surface area contributed by atoms with Gasteiger partial charge in [0.2, 0.25) is 5.95 Å². The van der Waals surface area contributed by atoms with Crippen LogP contribution >= 0.6 is 0 Å². The minimum atomic E-state index is 0.489. The van der Waals surface area contributed by atoms with Crippen LogP contribution in [0, 0.1) is 0 Å². The lowest BCUT2D eigenvalue weighted by Crippen LogP contribution is -1.97. The van der Waals surface area contributed by atoms with Crippen LogP contribution in [-0.2, 0) is 7.05 Å². The van der Waals surface area contributed by atoms with E-state index in [-0.39, 0.29) is 0 Å². The summed E-state index contributed by atoms with van der Waals surface area (Å²) in [6.07, 6.45) is 3.35. The number of imidazole rings is 1. The van der Waals surface area contributed by atoms with Crippen molar-refractivity contribution < 1.29 is 0 Å². The fraction of sp³-hybridized carbons (Fsp3) is 0.100. The molecule has 0 atom stereocenters. The summed E-state index contributed by atoms with van der Waals surface area (Å²) >= 11 is 0. The highest BCUT2D eigenvalue weighted by Crippen LogP contribution is 2.22. The summed E-state index contributed by atoms with van der Waals surface area (Å²) in [7, 11) is 1.87. The van der Waals surface area contributed by atoms with Gasteiger partial charge in [0.1, 0.15) is 5.52 Å². The molecule has 0 saturated carbocycles. The Hall–Kier alpha value is -2.17. The van der Waals surface area contributed by atoms with Gasteiger partial charge in [-0.15, -0.1) is 0 Å². The van der Waals surface area contributed by atoms with Crippen LogP contribution in [0.1, 0.15) is 0 Å². The van der Waals surface area contributed by atoms with E-state index in [0.717, 1.165) is 22.1 Å². The van der Waals surface area contributed by atoms with Gasteiger partial charge in [0, 0.05) is 19.4 Å². The van der Waals surface area contributed by atoms with Crippen molar-refractivity contribution in [2.24, 2.45) is 7.05 Å². The Morgan fingerprint density at radius 2 is 1.87 bits per heavy atom. The molecule has 3 rings (SSSR count). The molecular weight excluding hydrogens is 190 g/mol. The summed E-state index contributed by atoms with van der Waals surface area (Å²) in [6.45, 7) is 0. The van der Waals surface area contributed by atoms with Gasteiger partial charge in [-0.1, -0.05) is 0 Å². The molecule has 0 spiro atoms. The predicted molar refractivity (Wildman–Crippen MR) is 58.2 cm³/mol. The van der Waals surface area contributed by atoms with Crippen molar-refractivity contribution in [2.75, 3.05) is 5.73 Å². The van der Waals surface area contributed by atoms with E-state index >= 15 is 0 Å². The first-order valence-electron chi connectivity index (χ1n) is 4.59. The average molecular weight is 199 g/mol. The van der Waals surface area contributed by atoms with Crippen molar-refractivity contribution >= 4 is 28.0 Å². The molecule has 2 aromatic heterocycles. The van der Waals surface area contributed by atoms with E-state index in [1.54, 1.807) is 12.4 Å². The Morgan fingerprint density at radius 1 is 1.13 bits per heavy atom. The summed E-state index contributed by atoms with van der Waals surface area (Å²) in [5, 5.41) is 0. The number of hydrogen-bond acceptors (Lipinski definition) is 4. The number of aromatic nitrogens is 4. The number of benzene rings is 1. The zero-order valence-electron chi connectivity index (χ0n) is 8.18. The maximum Gasteiger partial charge on any atom is 0.200 e. The molecule has 0 bridgehead atoms. The molecule has 0 aliphatic carbocycles. The number of fused-ring (bicyclic) bond motifs is 3. The van der Waals surface area contributed by atoms with Crippen LogP contribution in [0.2, 0.25) is 0 Å². The Balaban J connectivity index is 2.63. The van der Waals surface area contributed by atoms with Gasteiger partial charge in [0.05, 0.1) is 16.6 Å². The number of rotatable bonds is 0. The fourth-order valence-electron chi connectivity index (χ4n) is 1.75. The van der Waals surface area contributed by atoms with Crippen molar-refractivity contribution in [3.63, 3.8) is 0 Å². The van der Waals surface area contributed by atoms with Gasteiger partial charge in [-0.05, 0) is 12.1 Å². The minimum absolute atomic E-state index is 0.489. The van der Waals surface area contributed by atoms with Crippen LogP contribution in [-0.4, -0.2) is 19.5 Å². The number of nitrogens with zero attached hydrogens (tertiary/aromatic N) is 4. The molecule has 15 heavy (non-hydrogen) atoms. The molecule has 0 saturated heterocycles. The fourth-order valence-corrected chi connectivity index (χ4v) is 1.75. The van der Waals surface area contributed by atoms with Gasteiger partial charge in [0.25, 0.3) is 0 Å². The van der Waals surface area contributed by atoms with Gasteiger partial charge in [-0.2, -0.15) is 0 Å². The van der Waals surface area contributed by atoms with Crippen LogP contribution in [0.25, 0.3) is 22.1 Å². The van der Waals surface area contributed by atoms with E-state index in [0.29, 0.717) is 5.95 Å². The normalized spacial score (nSPS) is 11.3. The first kappa shape index (κ1) is 8.16. The third-order valence-corrected chi connectivity index (χ3v) is 2.51. The largest absolute Gasteiger partial charge is 0.369 e. The first-order chi connectivity index (χ1) is 7.27. The maximum absolute atomic E-state index is 5.75. The summed E-state index contributed by atoms with van der Waals surface area (Å²) in [5.74, 6) is 0.489. The zero-order valence-corrected chi connectivity index (χ0v) is 8.18. The lowest BCUT2D eigenvalue weighted by Gasteiger charge is -1.99. The van der Waals surface area contributed by atoms with Crippen LogP contribution < -0.4 is 5.73 Å². The molecule has 74 valence electrons. The smallest absolute Gasteiger partial charge is 0.200 e. The molecular formula is C10H9N5. The highest BCUT2D eigenvalue weighted by atomic mass is 15.1. The second kappa shape index (κ2) is 2.66. The van der Waals surface area contributed by atoms with Crippen molar-refractivity contribution in [3.05, 3.63) is 24.5 Å². The number of aryl methyl sites for hydroxylation is 1. The Bertz CT molecular complexity index is 655. The molecule has 5 heteroatoms. The standard InChI is InChI=1S/C10H9N5/c1-15-9-7(14-10(15)11)3-2-6-8(9)13-5-4-12-6/h2-5H,1H3,(H2,11,14). The highest BCUT2D eigenvalue weighted by Gasteiger charge is 2.09. The molecule has 0 amide bonds. The average Bonchev–Trinajstić information content (AvgIpc) is 2.55. The number of anilines is 1. The molecule has 0 fully saturated rings. The maximum atomic E-state index is 5.75. The minimum Gasteiger partial charge on any atom is -0.369 e. The van der Waals surface area contributed by atoms with Crippen LogP contribution in [0.3, 0.4) is 0 Å². The second-order valence-electron chi connectivity index (χ2n) is 3.39. The first-order valence-corrected chi connectivity index (χ1v) is 4.59. The Morgan fingerprint density at radius 3 is 2.73 bits per heavy atom. The second-order valence-corrected chi connectivity index (χ2v) is 3.39. The lowest BCUT2D eigenvalue weighted by atomic mass is 10.2. The molecule has 3 aromatic rings. The predicted octanol–water partition coefficient (Wildman–Crippen LogP) is 1.10. The van der Waals surface area contributed by atoms with E-state index in [1.165, 1.54) is 0 Å². The third kappa shape index (κ3) is 0.999. The molecule has 0 aliphatic rings. The van der Waals surface area contributed by atoms with Gasteiger partial charge >= 0.3 is 0 Å². The van der Waals surface area contributed by atoms with Gasteiger partial charge < -0.3 is 10.3 Å². The molecule has 2 heterocycles. The van der Waals surface area contributed by atoms with Crippen molar-refractivity contribution in [1.29, 1.82) is 0 Å². The Kier molecular flexibility index (Phi) is 1.45. The molecule has 2 N–H and O–H groups in total. The summed E-state index contributed by atoms with van der Waals surface area (Å²) in [6, 6.07) is 3.81. The van der Waals surface area contributed by atoms with E-state index in [4.69, 9.17) is 5.73 Å². The summed E-state index contributed by atoms with van der Waals surface area (Å²) in [4.78, 5) is 12.8. The van der Waals surface area contributed by atoms with Crippen LogP contribution in [0.5, 0.6) is 0 Å². The third-order valence-electron chi connectivity index (χ3n) is 2.51. The van der Waals surface area contributed by atoms with E-state index in [9.17, 15) is 0 Å². The SMILES string of the molecule is Cn1c(N)nc2ccc3nccnc3c21. The number of hydrogen-bond donors (Lipinski definition) is 1. The van der Waals surface area contributed by atoms with Gasteiger partial charge in [-0.3, -0.25) is 9.97 Å². The van der Waals surface area contributed by atoms with Crippen molar-refractivity contribution in [1.82, 2.24) is 19.5 Å². The number of nitrogen functional groups attached to an aromatic ring is 1. The molecule has 5 nitrogen and oxygen atoms in total. The lowest BCUT2D eigenvalue weighted by molar-refractivity contribution is 0.966. The Labute approximate surface area is 85.6 Å². The van der Waals surface area contributed by atoms with Crippen LogP contribution in [0.15, 0.2) is 24.5 Å². The van der Waals surface area contributed by atoms with Gasteiger partial charge in [-0.25, -0.2) is 4.98 Å². The summed E-state index contributed by atoms with van der Waals surface area (Å²) < 4.78 is 1.83. The summed E-state index contributed by atoms with van der Waals surface area (Å²) in [5.41, 5.74) is 9.22. The highest BCUT2D eigenvalue weighted by molar-refractivity contribution is 6.01. The van der Waals surface area contributed by atoms with Crippen molar-refractivity contribution in [2.45, 2.75) is 0 Å².